The monoisotopic (exact) mass is 239 g/mol. The van der Waals surface area contributed by atoms with Crippen LogP contribution < -0.4 is 4.74 Å². The number of benzene rings is 1. The molecule has 0 aliphatic heterocycles. The van der Waals surface area contributed by atoms with Crippen LogP contribution in [-0.4, -0.2) is 17.9 Å². The van der Waals surface area contributed by atoms with E-state index >= 15 is 0 Å². The number of ketones is 1. The van der Waals surface area contributed by atoms with Gasteiger partial charge in [0.05, 0.1) is 7.11 Å². The molecule has 0 spiro atoms. The topological polar surface area (TPSA) is 39.2 Å². The van der Waals surface area contributed by atoms with Crippen molar-refractivity contribution in [2.75, 3.05) is 7.11 Å². The minimum atomic E-state index is -0.0566. The number of carbonyl (C=O) groups is 1. The standard InChI is InChI=1S/C15H13NO2/c1-18-14-7-4-12(5-8-14)6-9-15(17)13-3-2-10-16-11-13/h2-11H,1H3/b9-6-. The van der Waals surface area contributed by atoms with Gasteiger partial charge in [-0.2, -0.15) is 0 Å². The van der Waals surface area contributed by atoms with Crippen LogP contribution in [0.5, 0.6) is 5.75 Å². The summed E-state index contributed by atoms with van der Waals surface area (Å²) in [5.74, 6) is 0.740. The number of hydrogen-bond donors (Lipinski definition) is 0. The highest BCUT2D eigenvalue weighted by atomic mass is 16.5. The molecule has 1 aromatic carbocycles. The normalized spacial score (nSPS) is 10.5. The van der Waals surface area contributed by atoms with Gasteiger partial charge in [0.25, 0.3) is 0 Å². The van der Waals surface area contributed by atoms with Crippen LogP contribution in [0.25, 0.3) is 6.08 Å². The zero-order valence-electron chi connectivity index (χ0n) is 10.0. The molecule has 3 nitrogen and oxygen atoms in total. The summed E-state index contributed by atoms with van der Waals surface area (Å²) in [4.78, 5) is 15.7. The molecule has 0 amide bonds. The SMILES string of the molecule is COc1ccc(/C=C\C(=O)c2cccnc2)cc1. The van der Waals surface area contributed by atoms with Crippen molar-refractivity contribution < 1.29 is 9.53 Å². The lowest BCUT2D eigenvalue weighted by atomic mass is 10.1. The summed E-state index contributed by atoms with van der Waals surface area (Å²) in [6, 6.07) is 11.0. The van der Waals surface area contributed by atoms with Crippen LogP contribution in [0, 0.1) is 0 Å². The van der Waals surface area contributed by atoms with Crippen LogP contribution >= 0.6 is 0 Å². The third kappa shape index (κ3) is 3.04. The third-order valence-corrected chi connectivity index (χ3v) is 2.49. The Morgan fingerprint density at radius 1 is 1.22 bits per heavy atom. The van der Waals surface area contributed by atoms with E-state index in [0.29, 0.717) is 5.56 Å². The largest absolute Gasteiger partial charge is 0.497 e. The number of pyridine rings is 1. The summed E-state index contributed by atoms with van der Waals surface area (Å²) in [5, 5.41) is 0. The fraction of sp³-hybridized carbons (Fsp3) is 0.0667. The Kier molecular flexibility index (Phi) is 3.86. The van der Waals surface area contributed by atoms with Crippen LogP contribution in [0.3, 0.4) is 0 Å². The highest BCUT2D eigenvalue weighted by Gasteiger charge is 2.00. The van der Waals surface area contributed by atoms with Crippen molar-refractivity contribution in [2.45, 2.75) is 0 Å². The highest BCUT2D eigenvalue weighted by Crippen LogP contribution is 2.12. The zero-order chi connectivity index (χ0) is 12.8. The van der Waals surface area contributed by atoms with Crippen LogP contribution in [-0.2, 0) is 0 Å². The fourth-order valence-electron chi connectivity index (χ4n) is 1.49. The first kappa shape index (κ1) is 12.0. The Labute approximate surface area is 106 Å². The van der Waals surface area contributed by atoms with Gasteiger partial charge in [-0.25, -0.2) is 0 Å². The van der Waals surface area contributed by atoms with Crippen LogP contribution in [0.4, 0.5) is 0 Å². The molecule has 0 atom stereocenters. The number of methoxy groups -OCH3 is 1. The molecule has 1 aromatic heterocycles. The lowest BCUT2D eigenvalue weighted by molar-refractivity contribution is 0.104. The minimum absolute atomic E-state index is 0.0566. The van der Waals surface area contributed by atoms with E-state index in [1.165, 1.54) is 0 Å². The lowest BCUT2D eigenvalue weighted by Crippen LogP contribution is -1.93. The summed E-state index contributed by atoms with van der Waals surface area (Å²) in [7, 11) is 1.62. The molecule has 0 N–H and O–H groups in total. The average Bonchev–Trinajstić information content (AvgIpc) is 2.46. The van der Waals surface area contributed by atoms with Crippen LogP contribution in [0.1, 0.15) is 15.9 Å². The molecule has 0 aliphatic carbocycles. The van der Waals surface area contributed by atoms with Gasteiger partial charge in [0.15, 0.2) is 5.78 Å². The van der Waals surface area contributed by atoms with Gasteiger partial charge in [-0.15, -0.1) is 0 Å². The maximum absolute atomic E-state index is 11.8. The quantitative estimate of drug-likeness (QED) is 0.608. The van der Waals surface area contributed by atoms with Crippen LogP contribution in [0.2, 0.25) is 0 Å². The molecule has 90 valence electrons. The van der Waals surface area contributed by atoms with Crippen molar-refractivity contribution in [3.63, 3.8) is 0 Å². The molecule has 0 aliphatic rings. The van der Waals surface area contributed by atoms with E-state index in [-0.39, 0.29) is 5.78 Å². The number of aromatic nitrogens is 1. The molecule has 0 saturated heterocycles. The second-order valence-electron chi connectivity index (χ2n) is 3.71. The van der Waals surface area contributed by atoms with Gasteiger partial charge in [-0.1, -0.05) is 18.2 Å². The zero-order valence-corrected chi connectivity index (χ0v) is 10.0. The van der Waals surface area contributed by atoms with E-state index in [2.05, 4.69) is 4.98 Å². The van der Waals surface area contributed by atoms with Crippen LogP contribution in [0.15, 0.2) is 54.9 Å². The fourth-order valence-corrected chi connectivity index (χ4v) is 1.49. The van der Waals surface area contributed by atoms with Gasteiger partial charge in [-0.05, 0) is 35.9 Å². The number of carbonyl (C=O) groups excluding carboxylic acids is 1. The second-order valence-corrected chi connectivity index (χ2v) is 3.71. The Balaban J connectivity index is 2.08. The highest BCUT2D eigenvalue weighted by molar-refractivity contribution is 6.06. The molecule has 18 heavy (non-hydrogen) atoms. The second kappa shape index (κ2) is 5.77. The van der Waals surface area contributed by atoms with Crippen molar-refractivity contribution >= 4 is 11.9 Å². The summed E-state index contributed by atoms with van der Waals surface area (Å²) >= 11 is 0. The van der Waals surface area contributed by atoms with Gasteiger partial charge in [-0.3, -0.25) is 9.78 Å². The molecule has 0 fully saturated rings. The lowest BCUT2D eigenvalue weighted by Gasteiger charge is -1.99. The molecular weight excluding hydrogens is 226 g/mol. The van der Waals surface area contributed by atoms with Gasteiger partial charge in [0, 0.05) is 18.0 Å². The van der Waals surface area contributed by atoms with Crippen molar-refractivity contribution in [1.82, 2.24) is 4.98 Å². The van der Waals surface area contributed by atoms with E-state index < -0.39 is 0 Å². The Morgan fingerprint density at radius 2 is 2.00 bits per heavy atom. The predicted octanol–water partition coefficient (Wildman–Crippen LogP) is 2.99. The molecule has 3 heteroatoms. The molecule has 0 bridgehead atoms. The summed E-state index contributed by atoms with van der Waals surface area (Å²) < 4.78 is 5.06. The summed E-state index contributed by atoms with van der Waals surface area (Å²) in [5.41, 5.74) is 1.54. The number of nitrogens with zero attached hydrogens (tertiary/aromatic N) is 1. The van der Waals surface area contributed by atoms with Crippen molar-refractivity contribution in [1.29, 1.82) is 0 Å². The summed E-state index contributed by atoms with van der Waals surface area (Å²) in [6.45, 7) is 0. The van der Waals surface area contributed by atoms with E-state index in [1.807, 2.05) is 24.3 Å². The Morgan fingerprint density at radius 3 is 2.61 bits per heavy atom. The molecule has 0 saturated carbocycles. The first-order chi connectivity index (χ1) is 8.79. The van der Waals surface area contributed by atoms with E-state index in [1.54, 1.807) is 43.8 Å². The number of rotatable bonds is 4. The predicted molar refractivity (Wildman–Crippen MR) is 70.6 cm³/mol. The van der Waals surface area contributed by atoms with E-state index in [0.717, 1.165) is 11.3 Å². The average molecular weight is 239 g/mol. The molecule has 2 rings (SSSR count). The maximum atomic E-state index is 11.8. The van der Waals surface area contributed by atoms with Gasteiger partial charge in [0.2, 0.25) is 0 Å². The van der Waals surface area contributed by atoms with Gasteiger partial charge >= 0.3 is 0 Å². The minimum Gasteiger partial charge on any atom is -0.497 e. The number of hydrogen-bond acceptors (Lipinski definition) is 3. The van der Waals surface area contributed by atoms with E-state index in [9.17, 15) is 4.79 Å². The Hall–Kier alpha value is -2.42. The van der Waals surface area contributed by atoms with E-state index in [4.69, 9.17) is 4.74 Å². The molecular formula is C15H13NO2. The smallest absolute Gasteiger partial charge is 0.187 e. The van der Waals surface area contributed by atoms with Crippen molar-refractivity contribution in [2.24, 2.45) is 0 Å². The van der Waals surface area contributed by atoms with Crippen molar-refractivity contribution in [3.8, 4) is 5.75 Å². The molecule has 0 unspecified atom stereocenters. The van der Waals surface area contributed by atoms with Gasteiger partial charge in [0.1, 0.15) is 5.75 Å². The number of ether oxygens (including phenoxy) is 1. The Bertz CT molecular complexity index is 544. The maximum Gasteiger partial charge on any atom is 0.187 e. The van der Waals surface area contributed by atoms with Gasteiger partial charge < -0.3 is 4.74 Å². The van der Waals surface area contributed by atoms with Crippen molar-refractivity contribution in [3.05, 3.63) is 66.0 Å². The number of allylic oxidation sites excluding steroid dienone is 1. The summed E-state index contributed by atoms with van der Waals surface area (Å²) in [6.07, 6.45) is 6.51. The first-order valence-electron chi connectivity index (χ1n) is 5.56. The third-order valence-electron chi connectivity index (χ3n) is 2.49. The molecule has 2 aromatic rings. The first-order valence-corrected chi connectivity index (χ1v) is 5.56. The molecule has 1 heterocycles. The molecule has 0 radical (unpaired) electrons.